The summed E-state index contributed by atoms with van der Waals surface area (Å²) in [5.41, 5.74) is 1.92. The minimum Gasteiger partial charge on any atom is -0.489 e. The van der Waals surface area contributed by atoms with E-state index in [1.165, 1.54) is 7.11 Å². The zero-order valence-corrected chi connectivity index (χ0v) is 17.4. The molecule has 154 valence electrons. The molecule has 0 heterocycles. The van der Waals surface area contributed by atoms with Crippen molar-refractivity contribution in [3.05, 3.63) is 59.7 Å². The first kappa shape index (κ1) is 20.9. The van der Waals surface area contributed by atoms with Crippen LogP contribution in [0.2, 0.25) is 0 Å². The Labute approximate surface area is 172 Å². The summed E-state index contributed by atoms with van der Waals surface area (Å²) >= 11 is 0. The molecule has 0 bridgehead atoms. The Kier molecular flexibility index (Phi) is 6.91. The van der Waals surface area contributed by atoms with Crippen LogP contribution >= 0.6 is 0 Å². The molecule has 2 aromatic rings. The number of nitrogens with zero attached hydrogens (tertiary/aromatic N) is 1. The molecule has 0 atom stereocenters. The average Bonchev–Trinajstić information content (AvgIpc) is 2.77. The van der Waals surface area contributed by atoms with E-state index in [4.69, 9.17) is 9.47 Å². The average molecular weight is 395 g/mol. The van der Waals surface area contributed by atoms with Crippen LogP contribution < -0.4 is 9.64 Å². The molecule has 0 radical (unpaired) electrons. The van der Waals surface area contributed by atoms with E-state index >= 15 is 0 Å². The third-order valence-corrected chi connectivity index (χ3v) is 5.68. The van der Waals surface area contributed by atoms with Gasteiger partial charge in [0, 0.05) is 13.0 Å². The number of carbonyl (C=O) groups excluding carboxylic acids is 2. The maximum Gasteiger partial charge on any atom is 0.340 e. The number of methoxy groups -OCH3 is 1. The van der Waals surface area contributed by atoms with Crippen molar-refractivity contribution in [2.75, 3.05) is 19.1 Å². The van der Waals surface area contributed by atoms with E-state index < -0.39 is 5.97 Å². The number of esters is 1. The summed E-state index contributed by atoms with van der Waals surface area (Å²) in [6, 6.07) is 15.0. The smallest absolute Gasteiger partial charge is 0.340 e. The number of benzene rings is 2. The number of amides is 1. The molecular weight excluding hydrogens is 366 g/mol. The highest BCUT2D eigenvalue weighted by atomic mass is 16.5. The first-order valence-corrected chi connectivity index (χ1v) is 10.2. The Morgan fingerprint density at radius 3 is 2.38 bits per heavy atom. The molecule has 1 aliphatic rings. The lowest BCUT2D eigenvalue weighted by Crippen LogP contribution is -2.35. The molecule has 5 heteroatoms. The van der Waals surface area contributed by atoms with Gasteiger partial charge in [-0.1, -0.05) is 37.3 Å². The predicted molar refractivity (Wildman–Crippen MR) is 113 cm³/mol. The molecule has 1 fully saturated rings. The molecule has 29 heavy (non-hydrogen) atoms. The highest BCUT2D eigenvalue weighted by molar-refractivity contribution is 6.03. The van der Waals surface area contributed by atoms with Gasteiger partial charge in [0.2, 0.25) is 5.91 Å². The van der Waals surface area contributed by atoms with Crippen molar-refractivity contribution >= 4 is 17.6 Å². The second kappa shape index (κ2) is 9.59. The van der Waals surface area contributed by atoms with E-state index in [9.17, 15) is 9.59 Å². The number of hydrogen-bond acceptors (Lipinski definition) is 4. The minimum atomic E-state index is -0.484. The van der Waals surface area contributed by atoms with Crippen LogP contribution in [0.25, 0.3) is 0 Å². The monoisotopic (exact) mass is 395 g/mol. The highest BCUT2D eigenvalue weighted by Crippen LogP contribution is 2.32. The van der Waals surface area contributed by atoms with Crippen LogP contribution in [0.4, 0.5) is 5.69 Å². The van der Waals surface area contributed by atoms with E-state index in [0.717, 1.165) is 31.2 Å². The van der Waals surface area contributed by atoms with Crippen LogP contribution in [0.5, 0.6) is 5.75 Å². The van der Waals surface area contributed by atoms with Crippen molar-refractivity contribution in [1.29, 1.82) is 0 Å². The molecule has 0 N–H and O–H groups in total. The van der Waals surface area contributed by atoms with E-state index in [2.05, 4.69) is 6.92 Å². The fraction of sp³-hybridized carbons (Fsp3) is 0.417. The van der Waals surface area contributed by atoms with Crippen molar-refractivity contribution in [3.63, 3.8) is 0 Å². The van der Waals surface area contributed by atoms with Crippen LogP contribution in [0, 0.1) is 11.8 Å². The molecule has 0 unspecified atom stereocenters. The van der Waals surface area contributed by atoms with Gasteiger partial charge in [0.05, 0.1) is 18.4 Å². The number of anilines is 1. The lowest BCUT2D eigenvalue weighted by Gasteiger charge is -2.29. The van der Waals surface area contributed by atoms with Crippen molar-refractivity contribution in [1.82, 2.24) is 0 Å². The maximum absolute atomic E-state index is 13.0. The van der Waals surface area contributed by atoms with E-state index in [-0.39, 0.29) is 11.8 Å². The second-order valence-corrected chi connectivity index (χ2v) is 7.80. The van der Waals surface area contributed by atoms with Gasteiger partial charge in [0.15, 0.2) is 0 Å². The summed E-state index contributed by atoms with van der Waals surface area (Å²) in [7, 11) is 3.07. The summed E-state index contributed by atoms with van der Waals surface area (Å²) in [6.07, 6.45) is 3.94. The predicted octanol–water partition coefficient (Wildman–Crippen LogP) is 4.84. The Morgan fingerprint density at radius 1 is 1.03 bits per heavy atom. The first-order valence-electron chi connectivity index (χ1n) is 10.2. The number of hydrogen-bond donors (Lipinski definition) is 0. The van der Waals surface area contributed by atoms with Gasteiger partial charge in [0.1, 0.15) is 12.4 Å². The van der Waals surface area contributed by atoms with Gasteiger partial charge in [-0.15, -0.1) is 0 Å². The summed E-state index contributed by atoms with van der Waals surface area (Å²) in [5, 5.41) is 0. The largest absolute Gasteiger partial charge is 0.489 e. The van der Waals surface area contributed by atoms with Crippen molar-refractivity contribution in [2.45, 2.75) is 39.2 Å². The molecule has 0 aromatic heterocycles. The fourth-order valence-electron chi connectivity index (χ4n) is 3.81. The SMILES string of the molecule is COC(=O)c1cc(OCc2ccccc2)ccc1N(C)C(=O)[C@H]1CC[C@H](C)CC1. The van der Waals surface area contributed by atoms with E-state index in [1.54, 1.807) is 30.1 Å². The first-order chi connectivity index (χ1) is 14.0. The quantitative estimate of drug-likeness (QED) is 0.657. The lowest BCUT2D eigenvalue weighted by atomic mass is 9.82. The van der Waals surface area contributed by atoms with Crippen molar-refractivity contribution < 1.29 is 19.1 Å². The Bertz CT molecular complexity index is 841. The van der Waals surface area contributed by atoms with Crippen LogP contribution in [0.15, 0.2) is 48.5 Å². The van der Waals surface area contributed by atoms with Gasteiger partial charge in [-0.3, -0.25) is 4.79 Å². The molecule has 3 rings (SSSR count). The van der Waals surface area contributed by atoms with E-state index in [1.807, 2.05) is 30.3 Å². The van der Waals surface area contributed by atoms with Crippen molar-refractivity contribution in [3.8, 4) is 5.75 Å². The third-order valence-electron chi connectivity index (χ3n) is 5.68. The maximum atomic E-state index is 13.0. The number of ether oxygens (including phenoxy) is 2. The van der Waals surface area contributed by atoms with Gasteiger partial charge in [-0.05, 0) is 55.4 Å². The van der Waals surface area contributed by atoms with Gasteiger partial charge in [-0.25, -0.2) is 4.79 Å². The molecule has 0 aliphatic heterocycles. The number of rotatable bonds is 6. The topological polar surface area (TPSA) is 55.8 Å². The van der Waals surface area contributed by atoms with Crippen LogP contribution in [-0.4, -0.2) is 26.0 Å². The zero-order chi connectivity index (χ0) is 20.8. The van der Waals surface area contributed by atoms with E-state index in [0.29, 0.717) is 29.5 Å². The van der Waals surface area contributed by atoms with Gasteiger partial charge < -0.3 is 14.4 Å². The molecule has 0 saturated heterocycles. The molecular formula is C24H29NO4. The summed E-state index contributed by atoms with van der Waals surface area (Å²) in [4.78, 5) is 27.0. The molecule has 1 saturated carbocycles. The van der Waals surface area contributed by atoms with Crippen LogP contribution in [0.1, 0.15) is 48.5 Å². The summed E-state index contributed by atoms with van der Waals surface area (Å²) in [6.45, 7) is 2.63. The van der Waals surface area contributed by atoms with Gasteiger partial charge in [0.25, 0.3) is 0 Å². The molecule has 0 spiro atoms. The molecule has 1 amide bonds. The summed E-state index contributed by atoms with van der Waals surface area (Å²) < 4.78 is 10.8. The molecule has 5 nitrogen and oxygen atoms in total. The Hall–Kier alpha value is -2.82. The standard InChI is InChI=1S/C24H29NO4/c1-17-9-11-19(12-10-17)23(26)25(2)22-14-13-20(15-21(22)24(27)28-3)29-16-18-7-5-4-6-8-18/h4-8,13-15,17,19H,9-12,16H2,1-3H3/t17-,19-. The summed E-state index contributed by atoms with van der Waals surface area (Å²) in [5.74, 6) is 0.819. The minimum absolute atomic E-state index is 0.00991. The lowest BCUT2D eigenvalue weighted by molar-refractivity contribution is -0.123. The normalized spacial score (nSPS) is 18.7. The highest BCUT2D eigenvalue weighted by Gasteiger charge is 2.29. The Morgan fingerprint density at radius 2 is 1.72 bits per heavy atom. The fourth-order valence-corrected chi connectivity index (χ4v) is 3.81. The van der Waals surface area contributed by atoms with Gasteiger partial charge >= 0.3 is 5.97 Å². The van der Waals surface area contributed by atoms with Gasteiger partial charge in [-0.2, -0.15) is 0 Å². The molecule has 2 aromatic carbocycles. The second-order valence-electron chi connectivity index (χ2n) is 7.80. The Balaban J connectivity index is 1.78. The van der Waals surface area contributed by atoms with Crippen LogP contribution in [-0.2, 0) is 16.1 Å². The van der Waals surface area contributed by atoms with Crippen molar-refractivity contribution in [2.24, 2.45) is 11.8 Å². The number of carbonyl (C=O) groups is 2. The molecule has 1 aliphatic carbocycles. The third kappa shape index (κ3) is 5.17. The zero-order valence-electron chi connectivity index (χ0n) is 17.4. The van der Waals surface area contributed by atoms with Crippen LogP contribution in [0.3, 0.4) is 0 Å².